The van der Waals surface area contributed by atoms with Gasteiger partial charge in [-0.1, -0.05) is 48.5 Å². The molecule has 202 valence electrons. The number of anilines is 1. The zero-order valence-corrected chi connectivity index (χ0v) is 22.2. The molecule has 0 aliphatic carbocycles. The molecule has 0 saturated carbocycles. The van der Waals surface area contributed by atoms with E-state index < -0.39 is 42.2 Å². The molecule has 2 aromatic carbocycles. The van der Waals surface area contributed by atoms with E-state index in [1.165, 1.54) is 29.6 Å². The number of rotatable bonds is 11. The molecule has 3 aromatic rings. The predicted octanol–water partition coefficient (Wildman–Crippen LogP) is 2.51. The smallest absolute Gasteiger partial charge is 0.459 e. The Kier molecular flexibility index (Phi) is 9.18. The second-order valence-electron chi connectivity index (χ2n) is 8.48. The first-order valence-electron chi connectivity index (χ1n) is 11.7. The van der Waals surface area contributed by atoms with Gasteiger partial charge in [0.2, 0.25) is 5.95 Å². The molecule has 1 fully saturated rings. The van der Waals surface area contributed by atoms with E-state index in [0.29, 0.717) is 0 Å². The van der Waals surface area contributed by atoms with Crippen LogP contribution in [0.2, 0.25) is 0 Å². The summed E-state index contributed by atoms with van der Waals surface area (Å²) >= 11 is 1.24. The zero-order valence-electron chi connectivity index (χ0n) is 20.5. The van der Waals surface area contributed by atoms with Crippen LogP contribution in [0, 0.1) is 0 Å². The Balaban J connectivity index is 1.41. The van der Waals surface area contributed by atoms with E-state index in [2.05, 4.69) is 15.1 Å². The van der Waals surface area contributed by atoms with Crippen molar-refractivity contribution in [3.63, 3.8) is 0 Å². The predicted molar refractivity (Wildman–Crippen MR) is 141 cm³/mol. The van der Waals surface area contributed by atoms with Crippen LogP contribution >= 0.6 is 19.5 Å². The molecule has 2 heterocycles. The number of para-hydroxylation sites is 1. The summed E-state index contributed by atoms with van der Waals surface area (Å²) < 4.78 is 31.7. The molecular weight excluding hydrogens is 533 g/mol. The van der Waals surface area contributed by atoms with Gasteiger partial charge in [0.15, 0.2) is 0 Å². The highest BCUT2D eigenvalue weighted by molar-refractivity contribution is 8.00. The van der Waals surface area contributed by atoms with Crippen LogP contribution in [-0.4, -0.2) is 49.6 Å². The standard InChI is InChI=1S/C24H28N5O7PS/c1-16(22(31)34-13-17-8-4-2-5-9-17)28-37(33,36-18-10-6-3-7-11-18)35-14-20-19(30)12-21(38-20)29-15-26-23(25)27-24(29)32/h2-11,15-16,19-21,30H,12-14H2,1H3,(H,28,33)(H2,25,27,32)/t16-,19?,20+,21+,37?/m0/s1. The minimum atomic E-state index is -4.12. The van der Waals surface area contributed by atoms with Crippen LogP contribution in [0.4, 0.5) is 5.95 Å². The number of nitrogens with one attached hydrogen (secondary N) is 1. The van der Waals surface area contributed by atoms with Gasteiger partial charge in [0.05, 0.1) is 23.3 Å². The minimum Gasteiger partial charge on any atom is -0.460 e. The summed E-state index contributed by atoms with van der Waals surface area (Å²) in [6.45, 7) is 1.34. The maximum atomic E-state index is 13.7. The molecule has 4 rings (SSSR count). The van der Waals surface area contributed by atoms with Crippen molar-refractivity contribution < 1.29 is 28.3 Å². The quantitative estimate of drug-likeness (QED) is 0.231. The molecule has 38 heavy (non-hydrogen) atoms. The van der Waals surface area contributed by atoms with Gasteiger partial charge in [0.25, 0.3) is 0 Å². The van der Waals surface area contributed by atoms with Gasteiger partial charge < -0.3 is 20.1 Å². The lowest BCUT2D eigenvalue weighted by atomic mass is 10.2. The number of nitrogens with two attached hydrogens (primary N) is 1. The molecule has 5 atom stereocenters. The number of benzene rings is 2. The first kappa shape index (κ1) is 27.8. The second kappa shape index (κ2) is 12.5. The van der Waals surface area contributed by atoms with E-state index in [0.717, 1.165) is 5.56 Å². The largest absolute Gasteiger partial charge is 0.460 e. The summed E-state index contributed by atoms with van der Waals surface area (Å²) in [6.07, 6.45) is 0.602. The number of esters is 1. The maximum absolute atomic E-state index is 13.7. The summed E-state index contributed by atoms with van der Waals surface area (Å²) in [5, 5.41) is 12.2. The Morgan fingerprint density at radius 2 is 1.92 bits per heavy atom. The first-order valence-corrected chi connectivity index (χ1v) is 14.2. The highest BCUT2D eigenvalue weighted by Gasteiger charge is 2.39. The van der Waals surface area contributed by atoms with Crippen LogP contribution in [0.15, 0.2) is 71.8 Å². The van der Waals surface area contributed by atoms with Gasteiger partial charge in [-0.25, -0.2) is 14.3 Å². The Morgan fingerprint density at radius 3 is 2.61 bits per heavy atom. The summed E-state index contributed by atoms with van der Waals surface area (Å²) in [4.78, 5) is 32.2. The van der Waals surface area contributed by atoms with E-state index in [9.17, 15) is 19.3 Å². The van der Waals surface area contributed by atoms with E-state index in [1.807, 2.05) is 30.3 Å². The Labute approximate surface area is 223 Å². The maximum Gasteiger partial charge on any atom is 0.459 e. The molecule has 1 aliphatic heterocycles. The van der Waals surface area contributed by atoms with Gasteiger partial charge in [-0.05, 0) is 24.6 Å². The van der Waals surface area contributed by atoms with Crippen molar-refractivity contribution in [2.75, 3.05) is 12.3 Å². The molecule has 1 saturated heterocycles. The molecule has 1 aliphatic rings. The fraction of sp³-hybridized carbons (Fsp3) is 0.333. The fourth-order valence-electron chi connectivity index (χ4n) is 3.61. The van der Waals surface area contributed by atoms with Crippen LogP contribution in [0.1, 0.15) is 24.3 Å². The summed E-state index contributed by atoms with van der Waals surface area (Å²) in [7, 11) is -4.12. The molecule has 4 N–H and O–H groups in total. The van der Waals surface area contributed by atoms with E-state index in [-0.39, 0.29) is 31.3 Å². The van der Waals surface area contributed by atoms with Crippen LogP contribution in [0.5, 0.6) is 5.75 Å². The van der Waals surface area contributed by atoms with Gasteiger partial charge in [0, 0.05) is 6.42 Å². The van der Waals surface area contributed by atoms with Crippen molar-refractivity contribution in [1.82, 2.24) is 19.6 Å². The number of thioether (sulfide) groups is 1. The first-order chi connectivity index (χ1) is 18.2. The monoisotopic (exact) mass is 561 g/mol. The number of ether oxygens (including phenoxy) is 1. The van der Waals surface area contributed by atoms with Crippen LogP contribution in [0.3, 0.4) is 0 Å². The van der Waals surface area contributed by atoms with E-state index in [1.54, 1.807) is 30.3 Å². The summed E-state index contributed by atoms with van der Waals surface area (Å²) in [5.74, 6) is -0.528. The molecule has 0 bridgehead atoms. The van der Waals surface area contributed by atoms with Crippen molar-refractivity contribution in [3.8, 4) is 5.75 Å². The third-order valence-electron chi connectivity index (χ3n) is 5.57. The average molecular weight is 562 g/mol. The summed E-state index contributed by atoms with van der Waals surface area (Å²) in [5.41, 5.74) is 5.67. The number of carbonyl (C=O) groups is 1. The second-order valence-corrected chi connectivity index (χ2v) is 11.6. The number of nitrogens with zero attached hydrogens (tertiary/aromatic N) is 3. The molecule has 1 aromatic heterocycles. The average Bonchev–Trinajstić information content (AvgIpc) is 3.27. The number of aliphatic hydroxyl groups excluding tert-OH is 1. The van der Waals surface area contributed by atoms with Crippen LogP contribution in [-0.2, 0) is 25.2 Å². The molecule has 14 heteroatoms. The van der Waals surface area contributed by atoms with Crippen molar-refractivity contribution in [2.24, 2.45) is 0 Å². The van der Waals surface area contributed by atoms with Gasteiger partial charge in [0.1, 0.15) is 24.7 Å². The lowest BCUT2D eigenvalue weighted by Gasteiger charge is -2.24. The Morgan fingerprint density at radius 1 is 1.24 bits per heavy atom. The van der Waals surface area contributed by atoms with Crippen molar-refractivity contribution in [2.45, 2.75) is 42.7 Å². The number of carbonyl (C=O) groups excluding carboxylic acids is 1. The molecule has 12 nitrogen and oxygen atoms in total. The molecule has 0 radical (unpaired) electrons. The Hall–Kier alpha value is -3.22. The van der Waals surface area contributed by atoms with Crippen molar-refractivity contribution in [3.05, 3.63) is 83.0 Å². The third-order valence-corrected chi connectivity index (χ3v) is 8.74. The molecular formula is C24H28N5O7PS. The lowest BCUT2D eigenvalue weighted by Crippen LogP contribution is -2.36. The molecule has 2 unspecified atom stereocenters. The number of aliphatic hydroxyl groups is 1. The lowest BCUT2D eigenvalue weighted by molar-refractivity contribution is -0.146. The topological polar surface area (TPSA) is 168 Å². The van der Waals surface area contributed by atoms with Crippen molar-refractivity contribution >= 4 is 31.4 Å². The van der Waals surface area contributed by atoms with Gasteiger partial charge >= 0.3 is 19.4 Å². The summed E-state index contributed by atoms with van der Waals surface area (Å²) in [6, 6.07) is 16.5. The van der Waals surface area contributed by atoms with Crippen LogP contribution in [0.25, 0.3) is 0 Å². The molecule has 0 amide bonds. The molecule has 0 spiro atoms. The highest BCUT2D eigenvalue weighted by atomic mass is 32.2. The number of hydrogen-bond acceptors (Lipinski definition) is 11. The number of aromatic nitrogens is 3. The van der Waals surface area contributed by atoms with E-state index in [4.69, 9.17) is 19.5 Å². The Bertz CT molecular complexity index is 1330. The van der Waals surface area contributed by atoms with Crippen molar-refractivity contribution in [1.29, 1.82) is 0 Å². The van der Waals surface area contributed by atoms with Gasteiger partial charge in [-0.3, -0.25) is 13.9 Å². The normalized spacial score (nSPS) is 21.4. The number of nitrogen functional groups attached to an aromatic ring is 1. The third kappa shape index (κ3) is 7.42. The van der Waals surface area contributed by atoms with Gasteiger partial charge in [-0.2, -0.15) is 10.1 Å². The number of hydrogen-bond donors (Lipinski definition) is 3. The van der Waals surface area contributed by atoms with E-state index >= 15 is 0 Å². The SMILES string of the molecule is C[C@H](NP(=O)(OC[C@H]1S[C@@H](n2cnc(N)nc2=O)CC1O)Oc1ccccc1)C(=O)OCc1ccccc1. The highest BCUT2D eigenvalue weighted by Crippen LogP contribution is 2.48. The van der Waals surface area contributed by atoms with Crippen LogP contribution < -0.4 is 21.0 Å². The fourth-order valence-corrected chi connectivity index (χ4v) is 6.66. The minimum absolute atomic E-state index is 0.0525. The zero-order chi connectivity index (χ0) is 27.1. The van der Waals surface area contributed by atoms with Gasteiger partial charge in [-0.15, -0.1) is 11.8 Å².